The van der Waals surface area contributed by atoms with Crippen LogP contribution in [0.3, 0.4) is 0 Å². The summed E-state index contributed by atoms with van der Waals surface area (Å²) in [5.41, 5.74) is 7.40. The first-order valence-corrected chi connectivity index (χ1v) is 9.04. The highest BCUT2D eigenvalue weighted by Gasteiger charge is 2.10. The van der Waals surface area contributed by atoms with Crippen molar-refractivity contribution in [2.45, 2.75) is 19.4 Å². The van der Waals surface area contributed by atoms with E-state index in [1.807, 2.05) is 49.4 Å². The zero-order valence-corrected chi connectivity index (χ0v) is 15.6. The molecule has 0 bridgehead atoms. The van der Waals surface area contributed by atoms with Crippen LogP contribution in [0.15, 0.2) is 70.9 Å². The fourth-order valence-electron chi connectivity index (χ4n) is 2.82. The number of hydrogen-bond donors (Lipinski definition) is 3. The first kappa shape index (κ1) is 19.4. The predicted octanol–water partition coefficient (Wildman–Crippen LogP) is 3.76. The summed E-state index contributed by atoms with van der Waals surface area (Å²) in [6, 6.07) is 18.7. The molecule has 0 heterocycles. The third-order valence-electron chi connectivity index (χ3n) is 4.24. The quantitative estimate of drug-likeness (QED) is 0.331. The first-order valence-electron chi connectivity index (χ1n) is 9.04. The fraction of sp³-hybridized carbons (Fsp3) is 0.182. The molecule has 0 saturated carbocycles. The Hall–Kier alpha value is -3.38. The lowest BCUT2D eigenvalue weighted by atomic mass is 10.0. The van der Waals surface area contributed by atoms with E-state index in [4.69, 9.17) is 10.5 Å². The summed E-state index contributed by atoms with van der Waals surface area (Å²) in [6.45, 7) is 2.29. The molecule has 0 amide bonds. The molecule has 28 heavy (non-hydrogen) atoms. The second-order valence-electron chi connectivity index (χ2n) is 6.32. The van der Waals surface area contributed by atoms with Crippen molar-refractivity contribution in [1.82, 2.24) is 0 Å². The summed E-state index contributed by atoms with van der Waals surface area (Å²) in [4.78, 5) is 0. The average Bonchev–Trinajstić information content (AvgIpc) is 2.70. The Bertz CT molecular complexity index is 1010. The summed E-state index contributed by atoms with van der Waals surface area (Å²) in [7, 11) is 0. The SMILES string of the molecule is CCOc1cc(/C=N/N=C(\N)CC(O)c2ccc3ccccc3c2)ccc1O. The lowest BCUT2D eigenvalue weighted by molar-refractivity contribution is 0.186. The maximum atomic E-state index is 10.4. The van der Waals surface area contributed by atoms with E-state index in [1.54, 1.807) is 12.1 Å². The third-order valence-corrected chi connectivity index (χ3v) is 4.24. The van der Waals surface area contributed by atoms with Gasteiger partial charge in [0.15, 0.2) is 11.5 Å². The molecule has 3 rings (SSSR count). The van der Waals surface area contributed by atoms with Gasteiger partial charge in [-0.1, -0.05) is 36.4 Å². The molecule has 0 spiro atoms. The van der Waals surface area contributed by atoms with Crippen molar-refractivity contribution in [1.29, 1.82) is 0 Å². The molecule has 0 radical (unpaired) electrons. The van der Waals surface area contributed by atoms with E-state index in [-0.39, 0.29) is 18.0 Å². The first-order chi connectivity index (χ1) is 13.6. The number of phenols is 1. The molecule has 4 N–H and O–H groups in total. The lowest BCUT2D eigenvalue weighted by Gasteiger charge is -2.11. The number of hydrogen-bond acceptors (Lipinski definition) is 5. The summed E-state index contributed by atoms with van der Waals surface area (Å²) in [6.07, 6.45) is 0.925. The van der Waals surface area contributed by atoms with Gasteiger partial charge in [0.05, 0.1) is 18.9 Å². The lowest BCUT2D eigenvalue weighted by Crippen LogP contribution is -2.15. The van der Waals surface area contributed by atoms with E-state index in [9.17, 15) is 10.2 Å². The van der Waals surface area contributed by atoms with Crippen molar-refractivity contribution in [3.8, 4) is 11.5 Å². The van der Waals surface area contributed by atoms with Gasteiger partial charge in [0, 0.05) is 6.42 Å². The molecule has 0 aliphatic carbocycles. The van der Waals surface area contributed by atoms with Gasteiger partial charge in [0.25, 0.3) is 0 Å². The number of benzene rings is 3. The van der Waals surface area contributed by atoms with Gasteiger partial charge < -0.3 is 20.7 Å². The van der Waals surface area contributed by atoms with Crippen molar-refractivity contribution >= 4 is 22.8 Å². The van der Waals surface area contributed by atoms with Crippen LogP contribution < -0.4 is 10.5 Å². The van der Waals surface area contributed by atoms with E-state index in [2.05, 4.69) is 10.2 Å². The van der Waals surface area contributed by atoms with Gasteiger partial charge in [-0.05, 0) is 53.1 Å². The zero-order valence-electron chi connectivity index (χ0n) is 15.6. The van der Waals surface area contributed by atoms with Crippen LogP contribution in [0.2, 0.25) is 0 Å². The predicted molar refractivity (Wildman–Crippen MR) is 112 cm³/mol. The van der Waals surface area contributed by atoms with Crippen LogP contribution in [0.1, 0.15) is 30.6 Å². The van der Waals surface area contributed by atoms with Gasteiger partial charge in [0.2, 0.25) is 0 Å². The van der Waals surface area contributed by atoms with Gasteiger partial charge in [-0.2, -0.15) is 5.10 Å². The normalized spacial score (nSPS) is 13.1. The van der Waals surface area contributed by atoms with Crippen molar-refractivity contribution in [3.05, 3.63) is 71.8 Å². The molecule has 0 fully saturated rings. The summed E-state index contributed by atoms with van der Waals surface area (Å²) < 4.78 is 5.33. The van der Waals surface area contributed by atoms with Crippen LogP contribution in [-0.4, -0.2) is 28.9 Å². The zero-order chi connectivity index (χ0) is 19.9. The van der Waals surface area contributed by atoms with E-state index >= 15 is 0 Å². The number of nitrogens with zero attached hydrogens (tertiary/aromatic N) is 2. The average molecular weight is 377 g/mol. The Morgan fingerprint density at radius 2 is 1.89 bits per heavy atom. The molecule has 0 aliphatic heterocycles. The standard InChI is InChI=1S/C22H23N3O3/c1-2-28-21-11-15(7-10-19(21)26)14-24-25-22(23)13-20(27)18-9-8-16-5-3-4-6-17(16)12-18/h3-12,14,20,26-27H,2,13H2,1H3,(H2,23,25)/b24-14+. The number of aliphatic hydroxyl groups excluding tert-OH is 1. The Balaban J connectivity index is 1.66. The van der Waals surface area contributed by atoms with E-state index in [0.717, 1.165) is 16.3 Å². The van der Waals surface area contributed by atoms with Gasteiger partial charge in [0.1, 0.15) is 5.84 Å². The minimum atomic E-state index is -0.762. The maximum absolute atomic E-state index is 10.4. The number of aliphatic hydroxyl groups is 1. The molecule has 0 aliphatic rings. The Morgan fingerprint density at radius 1 is 1.11 bits per heavy atom. The number of rotatable bonds is 7. The van der Waals surface area contributed by atoms with E-state index < -0.39 is 6.10 Å². The maximum Gasteiger partial charge on any atom is 0.161 e. The Morgan fingerprint density at radius 3 is 2.68 bits per heavy atom. The number of nitrogens with two attached hydrogens (primary N) is 1. The topological polar surface area (TPSA) is 100 Å². The van der Waals surface area contributed by atoms with Gasteiger partial charge >= 0.3 is 0 Å². The number of amidine groups is 1. The monoisotopic (exact) mass is 377 g/mol. The van der Waals surface area contributed by atoms with Gasteiger partial charge in [-0.25, -0.2) is 0 Å². The number of ether oxygens (including phenoxy) is 1. The summed E-state index contributed by atoms with van der Waals surface area (Å²) in [5.74, 6) is 0.677. The molecule has 6 nitrogen and oxygen atoms in total. The van der Waals surface area contributed by atoms with Crippen LogP contribution in [0.25, 0.3) is 10.8 Å². The molecule has 0 aromatic heterocycles. The molecule has 3 aromatic rings. The molecular formula is C22H23N3O3. The van der Waals surface area contributed by atoms with Crippen LogP contribution in [0, 0.1) is 0 Å². The largest absolute Gasteiger partial charge is 0.504 e. The van der Waals surface area contributed by atoms with Crippen molar-refractivity contribution < 1.29 is 14.9 Å². The summed E-state index contributed by atoms with van der Waals surface area (Å²) in [5, 5.41) is 30.2. The Kier molecular flexibility index (Phi) is 6.24. The van der Waals surface area contributed by atoms with Crippen molar-refractivity contribution in [3.63, 3.8) is 0 Å². The molecule has 0 saturated heterocycles. The van der Waals surface area contributed by atoms with Crippen LogP contribution in [0.5, 0.6) is 11.5 Å². The van der Waals surface area contributed by atoms with Crippen LogP contribution in [-0.2, 0) is 0 Å². The highest BCUT2D eigenvalue weighted by Crippen LogP contribution is 2.26. The highest BCUT2D eigenvalue weighted by molar-refractivity contribution is 5.85. The van der Waals surface area contributed by atoms with Crippen LogP contribution >= 0.6 is 0 Å². The van der Waals surface area contributed by atoms with Gasteiger partial charge in [-0.3, -0.25) is 0 Å². The molecule has 144 valence electrons. The summed E-state index contributed by atoms with van der Waals surface area (Å²) >= 11 is 0. The number of phenolic OH excluding ortho intramolecular Hbond substituents is 1. The Labute approximate surface area is 163 Å². The minimum Gasteiger partial charge on any atom is -0.504 e. The number of aromatic hydroxyl groups is 1. The molecule has 1 atom stereocenters. The van der Waals surface area contributed by atoms with Crippen LogP contribution in [0.4, 0.5) is 0 Å². The second-order valence-corrected chi connectivity index (χ2v) is 6.32. The molecule has 3 aromatic carbocycles. The molecule has 1 unspecified atom stereocenters. The third kappa shape index (κ3) is 4.86. The highest BCUT2D eigenvalue weighted by atomic mass is 16.5. The molecular weight excluding hydrogens is 354 g/mol. The van der Waals surface area contributed by atoms with Crippen molar-refractivity contribution in [2.75, 3.05) is 6.61 Å². The second kappa shape index (κ2) is 9.01. The number of fused-ring (bicyclic) bond motifs is 1. The van der Waals surface area contributed by atoms with E-state index in [1.165, 1.54) is 12.3 Å². The minimum absolute atomic E-state index is 0.0699. The van der Waals surface area contributed by atoms with E-state index in [0.29, 0.717) is 17.9 Å². The smallest absolute Gasteiger partial charge is 0.161 e. The molecule has 6 heteroatoms. The van der Waals surface area contributed by atoms with Gasteiger partial charge in [-0.15, -0.1) is 5.10 Å². The fourth-order valence-corrected chi connectivity index (χ4v) is 2.82. The van der Waals surface area contributed by atoms with Crippen molar-refractivity contribution in [2.24, 2.45) is 15.9 Å².